The highest BCUT2D eigenvalue weighted by Gasteiger charge is 2.53. The maximum Gasteiger partial charge on any atom is 0.229 e. The predicted octanol–water partition coefficient (Wildman–Crippen LogP) is 2.06. The first-order valence-electron chi connectivity index (χ1n) is 8.16. The van der Waals surface area contributed by atoms with Crippen molar-refractivity contribution in [3.8, 4) is 0 Å². The lowest BCUT2D eigenvalue weighted by molar-refractivity contribution is 0.0277. The molecule has 3 aliphatic carbocycles. The molecule has 122 valence electrons. The van der Waals surface area contributed by atoms with E-state index in [1.54, 1.807) is 12.1 Å². The number of Topliss-reactive ketones (excluding diaryl/α,β-unsaturated/α-hetero) is 1. The molecule has 0 radical (unpaired) electrons. The second-order valence-corrected chi connectivity index (χ2v) is 7.13. The number of hydrogen-bond acceptors (Lipinski definition) is 5. The average molecular weight is 324 g/mol. The van der Waals surface area contributed by atoms with Crippen molar-refractivity contribution in [2.75, 3.05) is 0 Å². The molecule has 24 heavy (non-hydrogen) atoms. The molecule has 5 rings (SSSR count). The molecule has 0 aliphatic heterocycles. The smallest absolute Gasteiger partial charge is 0.229 e. The highest BCUT2D eigenvalue weighted by molar-refractivity contribution is 6.15. The van der Waals surface area contributed by atoms with Crippen LogP contribution in [0.5, 0.6) is 0 Å². The normalized spacial score (nSPS) is 30.1. The van der Waals surface area contributed by atoms with E-state index >= 15 is 0 Å². The van der Waals surface area contributed by atoms with Gasteiger partial charge in [0.2, 0.25) is 5.78 Å². The summed E-state index contributed by atoms with van der Waals surface area (Å²) in [5, 5.41) is 21.0. The van der Waals surface area contributed by atoms with Crippen LogP contribution in [0.25, 0.3) is 0 Å². The van der Waals surface area contributed by atoms with Crippen molar-refractivity contribution < 1.29 is 24.2 Å². The molecule has 1 heterocycles. The van der Waals surface area contributed by atoms with Gasteiger partial charge in [0.1, 0.15) is 0 Å². The van der Waals surface area contributed by atoms with E-state index in [1.807, 2.05) is 6.92 Å². The van der Waals surface area contributed by atoms with E-state index in [-0.39, 0.29) is 23.7 Å². The number of carbonyl (C=O) groups is 2. The van der Waals surface area contributed by atoms with Gasteiger partial charge in [0.25, 0.3) is 0 Å². The van der Waals surface area contributed by atoms with Crippen molar-refractivity contribution in [1.82, 2.24) is 0 Å². The molecule has 0 unspecified atom stereocenters. The molecule has 0 saturated heterocycles. The van der Waals surface area contributed by atoms with Crippen molar-refractivity contribution in [1.29, 1.82) is 0 Å². The van der Waals surface area contributed by atoms with Crippen LogP contribution in [0.1, 0.15) is 74.6 Å². The van der Waals surface area contributed by atoms with Gasteiger partial charge in [-0.3, -0.25) is 9.59 Å². The fraction of sp³-hybridized carbons (Fsp3) is 0.368. The first kappa shape index (κ1) is 14.1. The first-order chi connectivity index (χ1) is 11.4. The Hall–Kier alpha value is -2.24. The molecule has 0 saturated carbocycles. The van der Waals surface area contributed by atoms with Crippen LogP contribution in [0, 0.1) is 0 Å². The highest BCUT2D eigenvalue weighted by Crippen LogP contribution is 2.53. The third kappa shape index (κ3) is 1.39. The van der Waals surface area contributed by atoms with Crippen LogP contribution in [-0.2, 0) is 11.8 Å². The number of aliphatic hydroxyl groups excluding tert-OH is 2. The maximum absolute atomic E-state index is 13.1. The average Bonchev–Trinajstić information content (AvgIpc) is 3.16. The Morgan fingerprint density at radius 2 is 2.00 bits per heavy atom. The van der Waals surface area contributed by atoms with Gasteiger partial charge in [-0.1, -0.05) is 12.1 Å². The molecule has 1 aromatic heterocycles. The lowest BCUT2D eigenvalue weighted by Gasteiger charge is -2.44. The van der Waals surface area contributed by atoms with Gasteiger partial charge in [-0.2, -0.15) is 0 Å². The molecule has 2 N–H and O–H groups in total. The van der Waals surface area contributed by atoms with Crippen molar-refractivity contribution in [3.63, 3.8) is 0 Å². The minimum absolute atomic E-state index is 0.0521. The Kier molecular flexibility index (Phi) is 2.49. The zero-order chi connectivity index (χ0) is 16.8. The van der Waals surface area contributed by atoms with Crippen molar-refractivity contribution >= 4 is 11.6 Å². The van der Waals surface area contributed by atoms with E-state index in [2.05, 4.69) is 0 Å². The fourth-order valence-corrected chi connectivity index (χ4v) is 4.72. The number of benzene rings is 1. The molecular formula is C19H16O5. The van der Waals surface area contributed by atoms with Crippen LogP contribution in [-0.4, -0.2) is 27.9 Å². The van der Waals surface area contributed by atoms with Crippen molar-refractivity contribution in [3.05, 3.63) is 57.5 Å². The molecule has 3 atom stereocenters. The quantitative estimate of drug-likeness (QED) is 0.774. The summed E-state index contributed by atoms with van der Waals surface area (Å²) in [5.74, 6) is -0.0153. The van der Waals surface area contributed by atoms with Crippen LogP contribution in [0.2, 0.25) is 0 Å². The second-order valence-electron chi connectivity index (χ2n) is 7.13. The van der Waals surface area contributed by atoms with Gasteiger partial charge in [0.15, 0.2) is 11.5 Å². The minimum atomic E-state index is -0.842. The molecule has 0 fully saturated rings. The van der Waals surface area contributed by atoms with E-state index < -0.39 is 17.6 Å². The maximum atomic E-state index is 13.1. The van der Waals surface area contributed by atoms with Gasteiger partial charge < -0.3 is 14.6 Å². The van der Waals surface area contributed by atoms with Crippen molar-refractivity contribution in [2.24, 2.45) is 0 Å². The van der Waals surface area contributed by atoms with E-state index in [0.717, 1.165) is 11.1 Å². The third-order valence-corrected chi connectivity index (χ3v) is 6.02. The summed E-state index contributed by atoms with van der Waals surface area (Å²) >= 11 is 0. The molecule has 0 amide bonds. The molecule has 5 nitrogen and oxygen atoms in total. The van der Waals surface area contributed by atoms with Gasteiger partial charge in [-0.05, 0) is 24.5 Å². The Balaban J connectivity index is 1.89. The summed E-state index contributed by atoms with van der Waals surface area (Å²) in [6, 6.07) is 3.56. The molecule has 2 aromatic rings. The van der Waals surface area contributed by atoms with Gasteiger partial charge in [0, 0.05) is 40.5 Å². The number of furan rings is 1. The molecule has 3 aliphatic rings. The predicted molar refractivity (Wildman–Crippen MR) is 83.3 cm³/mol. The van der Waals surface area contributed by atoms with Crippen LogP contribution < -0.4 is 0 Å². The number of hydrogen-bond donors (Lipinski definition) is 2. The fourth-order valence-electron chi connectivity index (χ4n) is 4.72. The van der Waals surface area contributed by atoms with Crippen LogP contribution in [0.15, 0.2) is 22.8 Å². The zero-order valence-electron chi connectivity index (χ0n) is 13.1. The van der Waals surface area contributed by atoms with Gasteiger partial charge >= 0.3 is 0 Å². The highest BCUT2D eigenvalue weighted by atomic mass is 16.3. The Morgan fingerprint density at radius 1 is 1.21 bits per heavy atom. The third-order valence-electron chi connectivity index (χ3n) is 6.02. The summed E-state index contributed by atoms with van der Waals surface area (Å²) in [4.78, 5) is 25.1. The number of aliphatic hydroxyl groups is 2. The summed E-state index contributed by atoms with van der Waals surface area (Å²) < 4.78 is 5.52. The number of ketones is 2. The van der Waals surface area contributed by atoms with Crippen LogP contribution in [0.3, 0.4) is 0 Å². The molecule has 0 bridgehead atoms. The van der Waals surface area contributed by atoms with Gasteiger partial charge in [0.05, 0.1) is 18.5 Å². The lowest BCUT2D eigenvalue weighted by atomic mass is 9.60. The summed E-state index contributed by atoms with van der Waals surface area (Å²) in [7, 11) is 0. The topological polar surface area (TPSA) is 87.7 Å². The Labute approximate surface area is 137 Å². The largest absolute Gasteiger partial charge is 0.460 e. The lowest BCUT2D eigenvalue weighted by Crippen LogP contribution is -2.47. The number of carbonyl (C=O) groups excluding carboxylic acids is 2. The Morgan fingerprint density at radius 3 is 2.79 bits per heavy atom. The van der Waals surface area contributed by atoms with Gasteiger partial charge in [-0.15, -0.1) is 0 Å². The molecule has 0 spiro atoms. The van der Waals surface area contributed by atoms with E-state index in [4.69, 9.17) is 4.42 Å². The molecule has 1 aromatic carbocycles. The zero-order valence-corrected chi connectivity index (χ0v) is 13.1. The molecular weight excluding hydrogens is 308 g/mol. The van der Waals surface area contributed by atoms with E-state index in [1.165, 1.54) is 6.26 Å². The van der Waals surface area contributed by atoms with Crippen LogP contribution >= 0.6 is 0 Å². The van der Waals surface area contributed by atoms with E-state index in [9.17, 15) is 19.8 Å². The minimum Gasteiger partial charge on any atom is -0.460 e. The summed E-state index contributed by atoms with van der Waals surface area (Å²) in [5.41, 5.74) is 2.96. The summed E-state index contributed by atoms with van der Waals surface area (Å²) in [6.45, 7) is 1.88. The monoisotopic (exact) mass is 324 g/mol. The standard InChI is InChI=1S/C19H16O5/c1-19-11-4-2-8-9(3-5-12(8)20)15(11)17(23)18-16(19)10(7-24-18)13(21)6-14(19)22/h2,4,7,13-14,21-22H,3,5-6H2,1H3/t13-,14+,19-/m0/s1. The summed E-state index contributed by atoms with van der Waals surface area (Å²) in [6.07, 6.45) is 0.888. The number of fused-ring (bicyclic) bond motifs is 4. The van der Waals surface area contributed by atoms with E-state index in [0.29, 0.717) is 35.1 Å². The van der Waals surface area contributed by atoms with Crippen LogP contribution in [0.4, 0.5) is 0 Å². The molecule has 5 heteroatoms. The second kappa shape index (κ2) is 4.23. The van der Waals surface area contributed by atoms with Crippen molar-refractivity contribution in [2.45, 2.75) is 43.8 Å². The Bertz CT molecular complexity index is 937. The van der Waals surface area contributed by atoms with Gasteiger partial charge in [-0.25, -0.2) is 0 Å². The number of rotatable bonds is 0. The SMILES string of the molecule is C[C@@]12c3ccc4c(c3C(=O)c3occ(c31)[C@@H](O)C[C@H]2O)CCC4=O. The first-order valence-corrected chi connectivity index (χ1v) is 8.16.